The number of hydrogen-bond donors (Lipinski definition) is 0. The van der Waals surface area contributed by atoms with Gasteiger partial charge < -0.3 is 9.80 Å². The van der Waals surface area contributed by atoms with E-state index in [1.165, 1.54) is 12.1 Å². The van der Waals surface area contributed by atoms with Crippen LogP contribution in [0, 0.1) is 18.7 Å². The predicted molar refractivity (Wildman–Crippen MR) is 98.4 cm³/mol. The number of aromatic nitrogens is 1. The fourth-order valence-electron chi connectivity index (χ4n) is 3.49. The monoisotopic (exact) mass is 357 g/mol. The molecular weight excluding hydrogens is 333 g/mol. The molecule has 1 atom stereocenters. The lowest BCUT2D eigenvalue weighted by molar-refractivity contribution is -0.140. The molecule has 1 aromatic carbocycles. The SMILES string of the molecule is Cc1cc(C(=O)N2CCN(CC(C)C)C(=O)[C@@H]2C)c2ccc(F)cc2n1. The summed E-state index contributed by atoms with van der Waals surface area (Å²) in [6.45, 7) is 9.40. The van der Waals surface area contributed by atoms with Crippen LogP contribution < -0.4 is 0 Å². The van der Waals surface area contributed by atoms with Gasteiger partial charge in [-0.1, -0.05) is 13.8 Å². The lowest BCUT2D eigenvalue weighted by atomic mass is 10.0. The Hall–Kier alpha value is -2.50. The molecular formula is C20H24FN3O2. The van der Waals surface area contributed by atoms with E-state index in [4.69, 9.17) is 0 Å². The summed E-state index contributed by atoms with van der Waals surface area (Å²) < 4.78 is 13.5. The smallest absolute Gasteiger partial charge is 0.255 e. The minimum atomic E-state index is -0.515. The normalized spacial score (nSPS) is 18.1. The summed E-state index contributed by atoms with van der Waals surface area (Å²) in [4.78, 5) is 33.6. The fourth-order valence-corrected chi connectivity index (χ4v) is 3.49. The van der Waals surface area contributed by atoms with Crippen molar-refractivity contribution in [3.63, 3.8) is 0 Å². The zero-order valence-corrected chi connectivity index (χ0v) is 15.6. The summed E-state index contributed by atoms with van der Waals surface area (Å²) >= 11 is 0. The number of nitrogens with zero attached hydrogens (tertiary/aromatic N) is 3. The van der Waals surface area contributed by atoms with Crippen molar-refractivity contribution in [2.24, 2.45) is 5.92 Å². The number of halogens is 1. The molecule has 2 amide bonds. The van der Waals surface area contributed by atoms with Gasteiger partial charge in [-0.25, -0.2) is 4.39 Å². The van der Waals surface area contributed by atoms with Crippen molar-refractivity contribution in [2.75, 3.05) is 19.6 Å². The fraction of sp³-hybridized carbons (Fsp3) is 0.450. The van der Waals surface area contributed by atoms with E-state index in [-0.39, 0.29) is 17.6 Å². The number of rotatable bonds is 3. The Bertz CT molecular complexity index is 860. The van der Waals surface area contributed by atoms with Crippen molar-refractivity contribution < 1.29 is 14.0 Å². The third-order valence-electron chi connectivity index (χ3n) is 4.72. The van der Waals surface area contributed by atoms with Crippen LogP contribution in [0.25, 0.3) is 10.9 Å². The third-order valence-corrected chi connectivity index (χ3v) is 4.72. The number of benzene rings is 1. The van der Waals surface area contributed by atoms with Crippen LogP contribution in [0.2, 0.25) is 0 Å². The Morgan fingerprint density at radius 3 is 2.73 bits per heavy atom. The maximum atomic E-state index is 13.5. The molecule has 0 aliphatic carbocycles. The highest BCUT2D eigenvalue weighted by Gasteiger charge is 2.35. The first-order chi connectivity index (χ1) is 12.3. The number of amides is 2. The molecule has 0 unspecified atom stereocenters. The maximum absolute atomic E-state index is 13.5. The van der Waals surface area contributed by atoms with Gasteiger partial charge in [0.2, 0.25) is 5.91 Å². The molecule has 2 heterocycles. The van der Waals surface area contributed by atoms with Crippen molar-refractivity contribution in [3.8, 4) is 0 Å². The van der Waals surface area contributed by atoms with Gasteiger partial charge in [-0.2, -0.15) is 0 Å². The van der Waals surface area contributed by atoms with Crippen LogP contribution in [-0.2, 0) is 4.79 Å². The molecule has 0 saturated carbocycles. The van der Waals surface area contributed by atoms with E-state index in [1.807, 2.05) is 4.90 Å². The van der Waals surface area contributed by atoms with E-state index in [0.717, 1.165) is 0 Å². The second-order valence-corrected chi connectivity index (χ2v) is 7.33. The van der Waals surface area contributed by atoms with Crippen LogP contribution in [0.4, 0.5) is 4.39 Å². The quantitative estimate of drug-likeness (QED) is 0.848. The standard InChI is InChI=1S/C20H24FN3O2/c1-12(2)11-23-7-8-24(14(4)19(23)25)20(26)17-9-13(3)22-18-10-15(21)5-6-16(17)18/h5-6,9-10,12,14H,7-8,11H2,1-4H3/t14-/m0/s1. The highest BCUT2D eigenvalue weighted by molar-refractivity contribution is 6.07. The Morgan fingerprint density at radius 2 is 2.04 bits per heavy atom. The van der Waals surface area contributed by atoms with Gasteiger partial charge in [-0.15, -0.1) is 0 Å². The average Bonchev–Trinajstić information content (AvgIpc) is 2.57. The molecule has 6 heteroatoms. The number of aryl methyl sites for hydroxylation is 1. The van der Waals surface area contributed by atoms with Crippen LogP contribution in [-0.4, -0.2) is 52.3 Å². The summed E-state index contributed by atoms with van der Waals surface area (Å²) in [6.07, 6.45) is 0. The van der Waals surface area contributed by atoms with Crippen molar-refractivity contribution in [1.29, 1.82) is 0 Å². The molecule has 138 valence electrons. The van der Waals surface area contributed by atoms with Gasteiger partial charge >= 0.3 is 0 Å². The zero-order valence-electron chi connectivity index (χ0n) is 15.6. The largest absolute Gasteiger partial charge is 0.339 e. The predicted octanol–water partition coefficient (Wildman–Crippen LogP) is 3.01. The molecule has 26 heavy (non-hydrogen) atoms. The molecule has 1 saturated heterocycles. The lowest BCUT2D eigenvalue weighted by Crippen LogP contribution is -2.58. The summed E-state index contributed by atoms with van der Waals surface area (Å²) in [5, 5.41) is 0.603. The van der Waals surface area contributed by atoms with Gasteiger partial charge in [0.05, 0.1) is 11.1 Å². The van der Waals surface area contributed by atoms with Crippen LogP contribution >= 0.6 is 0 Å². The number of hydrogen-bond acceptors (Lipinski definition) is 3. The Morgan fingerprint density at radius 1 is 1.31 bits per heavy atom. The summed E-state index contributed by atoms with van der Waals surface area (Å²) in [5.74, 6) is -0.244. The van der Waals surface area contributed by atoms with E-state index in [9.17, 15) is 14.0 Å². The van der Waals surface area contributed by atoms with E-state index in [1.54, 1.807) is 30.9 Å². The van der Waals surface area contributed by atoms with E-state index in [0.29, 0.717) is 47.7 Å². The summed E-state index contributed by atoms with van der Waals surface area (Å²) in [7, 11) is 0. The van der Waals surface area contributed by atoms with Crippen LogP contribution in [0.1, 0.15) is 36.8 Å². The van der Waals surface area contributed by atoms with Gasteiger partial charge in [0.1, 0.15) is 11.9 Å². The Kier molecular flexibility index (Phi) is 4.94. The van der Waals surface area contributed by atoms with Crippen LogP contribution in [0.3, 0.4) is 0 Å². The van der Waals surface area contributed by atoms with Gasteiger partial charge in [0.25, 0.3) is 5.91 Å². The zero-order chi connectivity index (χ0) is 19.0. The lowest BCUT2D eigenvalue weighted by Gasteiger charge is -2.40. The first kappa shape index (κ1) is 18.3. The third kappa shape index (κ3) is 3.41. The number of carbonyl (C=O) groups is 2. The molecule has 5 nitrogen and oxygen atoms in total. The van der Waals surface area contributed by atoms with Gasteiger partial charge in [-0.05, 0) is 38.0 Å². The second-order valence-electron chi connectivity index (χ2n) is 7.33. The van der Waals surface area contributed by atoms with Gasteiger partial charge in [0, 0.05) is 36.8 Å². The Labute approximate surface area is 152 Å². The summed E-state index contributed by atoms with van der Waals surface area (Å²) in [5.41, 5.74) is 1.55. The molecule has 3 rings (SSSR count). The Balaban J connectivity index is 1.93. The molecule has 0 N–H and O–H groups in total. The molecule has 1 aliphatic heterocycles. The van der Waals surface area contributed by atoms with E-state index >= 15 is 0 Å². The van der Waals surface area contributed by atoms with Gasteiger partial charge in [-0.3, -0.25) is 14.6 Å². The second kappa shape index (κ2) is 7.02. The molecule has 1 aromatic heterocycles. The van der Waals surface area contributed by atoms with Gasteiger partial charge in [0.15, 0.2) is 0 Å². The molecule has 1 fully saturated rings. The molecule has 2 aromatic rings. The average molecular weight is 357 g/mol. The van der Waals surface area contributed by atoms with Crippen LogP contribution in [0.5, 0.6) is 0 Å². The number of carbonyl (C=O) groups excluding carboxylic acids is 2. The number of piperazine rings is 1. The molecule has 0 spiro atoms. The minimum absolute atomic E-state index is 0.0283. The topological polar surface area (TPSA) is 53.5 Å². The first-order valence-corrected chi connectivity index (χ1v) is 8.94. The van der Waals surface area contributed by atoms with Crippen molar-refractivity contribution in [2.45, 2.75) is 33.7 Å². The maximum Gasteiger partial charge on any atom is 0.255 e. The number of pyridine rings is 1. The number of fused-ring (bicyclic) bond motifs is 1. The van der Waals surface area contributed by atoms with E-state index < -0.39 is 6.04 Å². The van der Waals surface area contributed by atoms with Crippen molar-refractivity contribution >= 4 is 22.7 Å². The van der Waals surface area contributed by atoms with E-state index in [2.05, 4.69) is 18.8 Å². The minimum Gasteiger partial charge on any atom is -0.339 e. The highest BCUT2D eigenvalue weighted by atomic mass is 19.1. The van der Waals surface area contributed by atoms with Crippen molar-refractivity contribution in [1.82, 2.24) is 14.8 Å². The first-order valence-electron chi connectivity index (χ1n) is 8.94. The highest BCUT2D eigenvalue weighted by Crippen LogP contribution is 2.23. The van der Waals surface area contributed by atoms with Crippen molar-refractivity contribution in [3.05, 3.63) is 41.3 Å². The van der Waals surface area contributed by atoms with Crippen LogP contribution in [0.15, 0.2) is 24.3 Å². The molecule has 1 aliphatic rings. The molecule has 0 radical (unpaired) electrons. The summed E-state index contributed by atoms with van der Waals surface area (Å²) in [6, 6.07) is 5.42. The molecule has 0 bridgehead atoms.